The van der Waals surface area contributed by atoms with Crippen molar-refractivity contribution in [3.05, 3.63) is 44.9 Å². The lowest BCUT2D eigenvalue weighted by Crippen LogP contribution is -2.58. The number of aromatic nitrogens is 2. The molecule has 2 amide bonds. The van der Waals surface area contributed by atoms with Crippen molar-refractivity contribution >= 4 is 55.7 Å². The van der Waals surface area contributed by atoms with Crippen LogP contribution < -0.4 is 5.32 Å². The first-order chi connectivity index (χ1) is 19.6. The third kappa shape index (κ3) is 5.44. The summed E-state index contributed by atoms with van der Waals surface area (Å²) in [4.78, 5) is 36.0. The van der Waals surface area contributed by atoms with Crippen molar-refractivity contribution < 1.29 is 28.0 Å². The molecule has 2 aromatic heterocycles. The van der Waals surface area contributed by atoms with Gasteiger partial charge in [0.25, 0.3) is 15.9 Å². The molecule has 1 aromatic carbocycles. The van der Waals surface area contributed by atoms with Crippen LogP contribution in [0.15, 0.2) is 29.3 Å². The number of sulfonamides is 1. The second-order valence-corrected chi connectivity index (χ2v) is 14.0. The Morgan fingerprint density at radius 3 is 2.76 bits per heavy atom. The van der Waals surface area contributed by atoms with E-state index < -0.39 is 16.1 Å². The maximum absolute atomic E-state index is 13.8. The summed E-state index contributed by atoms with van der Waals surface area (Å²) in [6.07, 6.45) is 0.684. The molecule has 5 heterocycles. The first kappa shape index (κ1) is 28.4. The number of halogens is 1. The van der Waals surface area contributed by atoms with Gasteiger partial charge < -0.3 is 25.1 Å². The molecule has 0 saturated carbocycles. The topological polar surface area (TPSA) is 137 Å². The van der Waals surface area contributed by atoms with E-state index in [4.69, 9.17) is 16.3 Å². The van der Waals surface area contributed by atoms with E-state index in [1.165, 1.54) is 27.8 Å². The Morgan fingerprint density at radius 2 is 1.98 bits per heavy atom. The number of thiazole rings is 1. The fraction of sp³-hybridized carbons (Fsp3) is 0.500. The summed E-state index contributed by atoms with van der Waals surface area (Å²) in [5.74, 6) is -0.475. The van der Waals surface area contributed by atoms with Crippen LogP contribution in [-0.2, 0) is 32.5 Å². The summed E-state index contributed by atoms with van der Waals surface area (Å²) < 4.78 is 34.8. The SMILES string of the molecule is CC1Cc2nc(C(=O)N3CCN(S(=O)(=O)c4cc5ccc(Cl)cc5n4O)CC3CC(=O)N3CCOCC3)sc2CN1. The highest BCUT2D eigenvalue weighted by molar-refractivity contribution is 7.89. The number of nitrogens with zero attached hydrogens (tertiary/aromatic N) is 5. The molecule has 3 aliphatic heterocycles. The van der Waals surface area contributed by atoms with Crippen LogP contribution in [0.25, 0.3) is 10.9 Å². The van der Waals surface area contributed by atoms with E-state index in [1.807, 2.05) is 0 Å². The van der Waals surface area contributed by atoms with Gasteiger partial charge in [-0.05, 0) is 25.1 Å². The summed E-state index contributed by atoms with van der Waals surface area (Å²) in [6.45, 7) is 4.44. The number of piperazine rings is 1. The summed E-state index contributed by atoms with van der Waals surface area (Å²) in [5.41, 5.74) is 1.17. The van der Waals surface area contributed by atoms with Crippen LogP contribution in [0.5, 0.6) is 0 Å². The quantitative estimate of drug-likeness (QED) is 0.411. The van der Waals surface area contributed by atoms with Crippen molar-refractivity contribution in [2.24, 2.45) is 0 Å². The first-order valence-corrected chi connectivity index (χ1v) is 16.1. The molecule has 3 aromatic rings. The average Bonchev–Trinajstić information content (AvgIpc) is 3.54. The van der Waals surface area contributed by atoms with Gasteiger partial charge in [-0.25, -0.2) is 13.4 Å². The number of rotatable bonds is 5. The molecule has 0 radical (unpaired) electrons. The Morgan fingerprint density at radius 1 is 1.20 bits per heavy atom. The van der Waals surface area contributed by atoms with Crippen LogP contribution in [0, 0.1) is 0 Å². The van der Waals surface area contributed by atoms with E-state index in [0.29, 0.717) is 53.0 Å². The van der Waals surface area contributed by atoms with Crippen LogP contribution in [-0.4, -0.2) is 107 Å². The highest BCUT2D eigenvalue weighted by Gasteiger charge is 2.40. The Balaban J connectivity index is 1.28. The maximum atomic E-state index is 13.8. The van der Waals surface area contributed by atoms with Crippen LogP contribution >= 0.6 is 22.9 Å². The zero-order valence-electron chi connectivity index (χ0n) is 22.5. The first-order valence-electron chi connectivity index (χ1n) is 13.5. The number of benzene rings is 1. The van der Waals surface area contributed by atoms with Gasteiger partial charge in [0.2, 0.25) is 5.91 Å². The minimum absolute atomic E-state index is 0.00226. The molecule has 220 valence electrons. The van der Waals surface area contributed by atoms with Gasteiger partial charge in [-0.15, -0.1) is 11.3 Å². The fourth-order valence-electron chi connectivity index (χ4n) is 5.61. The van der Waals surface area contributed by atoms with Crippen molar-refractivity contribution in [2.75, 3.05) is 45.9 Å². The molecule has 3 aliphatic rings. The van der Waals surface area contributed by atoms with E-state index in [0.717, 1.165) is 17.0 Å². The molecular formula is C26H31ClN6O6S2. The molecular weight excluding hydrogens is 592 g/mol. The van der Waals surface area contributed by atoms with Crippen molar-refractivity contribution in [1.29, 1.82) is 0 Å². The number of carbonyl (C=O) groups excluding carboxylic acids is 2. The van der Waals surface area contributed by atoms with E-state index in [2.05, 4.69) is 17.2 Å². The molecule has 2 N–H and O–H groups in total. The summed E-state index contributed by atoms with van der Waals surface area (Å²) >= 11 is 7.40. The van der Waals surface area contributed by atoms with E-state index >= 15 is 0 Å². The van der Waals surface area contributed by atoms with Gasteiger partial charge in [0, 0.05) is 73.4 Å². The maximum Gasteiger partial charge on any atom is 0.283 e. The van der Waals surface area contributed by atoms with E-state index in [-0.39, 0.29) is 54.5 Å². The van der Waals surface area contributed by atoms with Crippen molar-refractivity contribution in [1.82, 2.24) is 29.1 Å². The molecule has 2 fully saturated rings. The standard InChI is InChI=1S/C26H31ClN6O6S2/c1-16-10-20-22(14-28-16)40-25(29-20)26(35)32-5-4-31(15-19(32)13-23(34)30-6-8-39-9-7-30)41(37,38)24-11-17-2-3-18(27)12-21(17)33(24)36/h2-3,11-12,16,19,28,36H,4-10,13-15H2,1H3. The van der Waals surface area contributed by atoms with Gasteiger partial charge >= 0.3 is 0 Å². The number of hydrogen-bond donors (Lipinski definition) is 2. The van der Waals surface area contributed by atoms with Crippen LogP contribution in [0.1, 0.15) is 33.7 Å². The highest BCUT2D eigenvalue weighted by Crippen LogP contribution is 2.30. The number of morpholine rings is 1. The van der Waals surface area contributed by atoms with Crippen molar-refractivity contribution in [2.45, 2.75) is 43.4 Å². The molecule has 2 atom stereocenters. The Kier molecular flexibility index (Phi) is 7.72. The normalized spacial score (nSPS) is 22.2. The largest absolute Gasteiger partial charge is 0.427 e. The number of carbonyl (C=O) groups is 2. The lowest BCUT2D eigenvalue weighted by Gasteiger charge is -2.41. The molecule has 0 aliphatic carbocycles. The third-order valence-corrected chi connectivity index (χ3v) is 11.0. The predicted molar refractivity (Wildman–Crippen MR) is 152 cm³/mol. The molecule has 6 rings (SSSR count). The number of hydrogen-bond acceptors (Lipinski definition) is 9. The lowest BCUT2D eigenvalue weighted by molar-refractivity contribution is -0.136. The Hall–Kier alpha value is -2.75. The molecule has 2 unspecified atom stereocenters. The van der Waals surface area contributed by atoms with Gasteiger partial charge in [0.1, 0.15) is 0 Å². The zero-order valence-corrected chi connectivity index (χ0v) is 24.8. The summed E-state index contributed by atoms with van der Waals surface area (Å²) in [7, 11) is -4.18. The summed E-state index contributed by atoms with van der Waals surface area (Å²) in [6, 6.07) is 5.67. The van der Waals surface area contributed by atoms with E-state index in [9.17, 15) is 23.2 Å². The van der Waals surface area contributed by atoms with Crippen LogP contribution in [0.3, 0.4) is 0 Å². The van der Waals surface area contributed by atoms with Crippen LogP contribution in [0.2, 0.25) is 5.02 Å². The lowest BCUT2D eigenvalue weighted by atomic mass is 10.1. The third-order valence-electron chi connectivity index (χ3n) is 7.86. The molecule has 12 nitrogen and oxygen atoms in total. The van der Waals surface area contributed by atoms with Crippen molar-refractivity contribution in [3.8, 4) is 0 Å². The molecule has 15 heteroatoms. The van der Waals surface area contributed by atoms with Crippen LogP contribution in [0.4, 0.5) is 0 Å². The zero-order chi connectivity index (χ0) is 28.9. The number of nitrogens with one attached hydrogen (secondary N) is 1. The second-order valence-electron chi connectivity index (χ2n) is 10.6. The minimum Gasteiger partial charge on any atom is -0.427 e. The number of amides is 2. The molecule has 41 heavy (non-hydrogen) atoms. The highest BCUT2D eigenvalue weighted by atomic mass is 35.5. The minimum atomic E-state index is -4.18. The molecule has 0 bridgehead atoms. The Labute approximate surface area is 246 Å². The smallest absolute Gasteiger partial charge is 0.283 e. The molecule has 2 saturated heterocycles. The number of ether oxygens (including phenoxy) is 1. The second kappa shape index (κ2) is 11.2. The van der Waals surface area contributed by atoms with Gasteiger partial charge in [-0.1, -0.05) is 17.7 Å². The van der Waals surface area contributed by atoms with Gasteiger partial charge in [0.15, 0.2) is 10.0 Å². The number of fused-ring (bicyclic) bond motifs is 2. The molecule has 0 spiro atoms. The summed E-state index contributed by atoms with van der Waals surface area (Å²) in [5, 5.41) is 15.0. The van der Waals surface area contributed by atoms with Crippen molar-refractivity contribution in [3.63, 3.8) is 0 Å². The average molecular weight is 623 g/mol. The van der Waals surface area contributed by atoms with E-state index in [1.54, 1.807) is 21.9 Å². The van der Waals surface area contributed by atoms with Gasteiger partial charge in [-0.3, -0.25) is 9.59 Å². The monoisotopic (exact) mass is 622 g/mol. The van der Waals surface area contributed by atoms with Gasteiger partial charge in [-0.2, -0.15) is 9.04 Å². The van der Waals surface area contributed by atoms with Gasteiger partial charge in [0.05, 0.1) is 30.5 Å². The predicted octanol–water partition coefficient (Wildman–Crippen LogP) is 1.79. The Bertz CT molecular complexity index is 1600. The fourth-order valence-corrected chi connectivity index (χ4v) is 8.32.